The average Bonchev–Trinajstić information content (AvgIpc) is 3.65. The molecule has 3 aliphatic heterocycles. The van der Waals surface area contributed by atoms with E-state index in [-0.39, 0.29) is 29.2 Å². The lowest BCUT2D eigenvalue weighted by Gasteiger charge is -2.34. The molecular formula is C28H36N4O4. The van der Waals surface area contributed by atoms with Gasteiger partial charge in [-0.1, -0.05) is 13.8 Å². The summed E-state index contributed by atoms with van der Waals surface area (Å²) in [5.41, 5.74) is 3.55. The summed E-state index contributed by atoms with van der Waals surface area (Å²) in [5.74, 6) is 1.80. The highest BCUT2D eigenvalue weighted by Crippen LogP contribution is 2.30. The van der Waals surface area contributed by atoms with E-state index >= 15 is 0 Å². The molecule has 4 heterocycles. The van der Waals surface area contributed by atoms with Gasteiger partial charge < -0.3 is 14.6 Å². The Labute approximate surface area is 212 Å². The quantitative estimate of drug-likeness (QED) is 0.645. The molecule has 2 saturated heterocycles. The van der Waals surface area contributed by atoms with Gasteiger partial charge >= 0.3 is 0 Å². The minimum atomic E-state index is -0.144. The number of nitrogens with one attached hydrogen (secondary N) is 1. The van der Waals surface area contributed by atoms with E-state index in [0.717, 1.165) is 86.2 Å². The second-order valence-electron chi connectivity index (χ2n) is 9.95. The standard InChI is InChI=1S/C26H30N4O4.C2H6/c31-24(18-4-5-22-17(14-18)9-13-34-22)16-6-10-29(11-7-16)21-8-12-30(26(21)33)15-23-27-20-3-1-2-19(20)25(32)28-23;1-2/h4-5,14,16,21H,1-3,6-13,15H2,(H,27,28,32);1-2H3. The van der Waals surface area contributed by atoms with E-state index in [1.165, 1.54) is 0 Å². The molecule has 0 radical (unpaired) electrons. The summed E-state index contributed by atoms with van der Waals surface area (Å²) in [6.45, 7) is 7.22. The van der Waals surface area contributed by atoms with Crippen LogP contribution in [-0.4, -0.2) is 63.7 Å². The number of aryl methyl sites for hydroxylation is 1. The maximum atomic E-state index is 13.2. The summed E-state index contributed by atoms with van der Waals surface area (Å²) in [6.07, 6.45) is 5.80. The SMILES string of the molecule is CC.O=C(c1ccc2c(c1)CCO2)C1CCN(C2CCN(Cc3nc4c(c(=O)[nH]3)CCC4)C2=O)CC1. The normalized spacial score (nSPS) is 21.6. The number of likely N-dealkylation sites (tertiary alicyclic amines) is 2. The first-order valence-corrected chi connectivity index (χ1v) is 13.5. The highest BCUT2D eigenvalue weighted by atomic mass is 16.5. The maximum absolute atomic E-state index is 13.2. The van der Waals surface area contributed by atoms with Gasteiger partial charge in [-0.15, -0.1) is 0 Å². The van der Waals surface area contributed by atoms with E-state index in [4.69, 9.17) is 4.74 Å². The number of benzene rings is 1. The number of aromatic nitrogens is 2. The Balaban J connectivity index is 0.00000130. The van der Waals surface area contributed by atoms with Crippen LogP contribution in [0, 0.1) is 5.92 Å². The highest BCUT2D eigenvalue weighted by Gasteiger charge is 2.38. The number of nitrogens with zero attached hydrogens (tertiary/aromatic N) is 3. The van der Waals surface area contributed by atoms with Gasteiger partial charge in [0.15, 0.2) is 5.78 Å². The topological polar surface area (TPSA) is 95.6 Å². The Morgan fingerprint density at radius 1 is 1.08 bits per heavy atom. The van der Waals surface area contributed by atoms with E-state index in [1.54, 1.807) is 0 Å². The number of ketones is 1. The molecule has 0 spiro atoms. The van der Waals surface area contributed by atoms with Crippen LogP contribution < -0.4 is 10.3 Å². The van der Waals surface area contributed by atoms with Gasteiger partial charge in [-0.2, -0.15) is 0 Å². The molecule has 1 atom stereocenters. The lowest BCUT2D eigenvalue weighted by molar-refractivity contribution is -0.133. The van der Waals surface area contributed by atoms with Crippen LogP contribution in [0.15, 0.2) is 23.0 Å². The van der Waals surface area contributed by atoms with Crippen molar-refractivity contribution in [1.82, 2.24) is 19.8 Å². The number of rotatable bonds is 5. The predicted octanol–water partition coefficient (Wildman–Crippen LogP) is 2.92. The molecule has 2 aromatic rings. The Morgan fingerprint density at radius 2 is 1.89 bits per heavy atom. The number of Topliss-reactive ketones (excluding diaryl/α,β-unsaturated/α-hetero) is 1. The number of H-pyrrole nitrogens is 1. The molecule has 1 amide bonds. The molecule has 2 fully saturated rings. The smallest absolute Gasteiger partial charge is 0.254 e. The van der Waals surface area contributed by atoms with E-state index in [0.29, 0.717) is 25.5 Å². The molecule has 1 N–H and O–H groups in total. The van der Waals surface area contributed by atoms with Crippen LogP contribution in [-0.2, 0) is 30.6 Å². The monoisotopic (exact) mass is 492 g/mol. The van der Waals surface area contributed by atoms with Gasteiger partial charge in [-0.25, -0.2) is 4.98 Å². The van der Waals surface area contributed by atoms with Gasteiger partial charge in [0.2, 0.25) is 5.91 Å². The Kier molecular flexibility index (Phi) is 7.23. The zero-order valence-corrected chi connectivity index (χ0v) is 21.3. The molecule has 1 aromatic carbocycles. The molecule has 192 valence electrons. The number of aromatic amines is 1. The van der Waals surface area contributed by atoms with Crippen molar-refractivity contribution >= 4 is 11.7 Å². The molecule has 0 bridgehead atoms. The van der Waals surface area contributed by atoms with Crippen molar-refractivity contribution in [1.29, 1.82) is 0 Å². The van der Waals surface area contributed by atoms with Gasteiger partial charge in [-0.05, 0) is 75.4 Å². The minimum Gasteiger partial charge on any atom is -0.493 e. The summed E-state index contributed by atoms with van der Waals surface area (Å²) >= 11 is 0. The van der Waals surface area contributed by atoms with Crippen LogP contribution in [0.2, 0.25) is 0 Å². The van der Waals surface area contributed by atoms with Crippen molar-refractivity contribution in [2.24, 2.45) is 5.92 Å². The first-order valence-electron chi connectivity index (χ1n) is 13.5. The molecule has 36 heavy (non-hydrogen) atoms. The number of hydrogen-bond acceptors (Lipinski definition) is 6. The van der Waals surface area contributed by atoms with Crippen molar-refractivity contribution in [2.75, 3.05) is 26.2 Å². The predicted molar refractivity (Wildman–Crippen MR) is 136 cm³/mol. The number of ether oxygens (including phenoxy) is 1. The van der Waals surface area contributed by atoms with E-state index in [9.17, 15) is 14.4 Å². The number of amides is 1. The molecule has 1 aromatic heterocycles. The average molecular weight is 493 g/mol. The summed E-state index contributed by atoms with van der Waals surface area (Å²) in [6, 6.07) is 5.65. The second kappa shape index (κ2) is 10.5. The third kappa shape index (κ3) is 4.71. The second-order valence-corrected chi connectivity index (χ2v) is 9.95. The van der Waals surface area contributed by atoms with Crippen LogP contribution in [0.4, 0.5) is 0 Å². The fourth-order valence-electron chi connectivity index (χ4n) is 6.02. The van der Waals surface area contributed by atoms with Crippen LogP contribution in [0.5, 0.6) is 5.75 Å². The first-order chi connectivity index (χ1) is 17.6. The Bertz CT molecular complexity index is 1200. The van der Waals surface area contributed by atoms with Crippen molar-refractivity contribution < 1.29 is 14.3 Å². The first kappa shape index (κ1) is 24.7. The third-order valence-corrected chi connectivity index (χ3v) is 7.92. The van der Waals surface area contributed by atoms with Gasteiger partial charge in [0.1, 0.15) is 11.6 Å². The lowest BCUT2D eigenvalue weighted by atomic mass is 9.87. The molecule has 0 saturated carbocycles. The largest absolute Gasteiger partial charge is 0.493 e. The fraction of sp³-hybridized carbons (Fsp3) is 0.571. The Morgan fingerprint density at radius 3 is 2.69 bits per heavy atom. The van der Waals surface area contributed by atoms with Crippen LogP contribution in [0.3, 0.4) is 0 Å². The van der Waals surface area contributed by atoms with Crippen molar-refractivity contribution in [2.45, 2.75) is 71.4 Å². The summed E-state index contributed by atoms with van der Waals surface area (Å²) in [5, 5.41) is 0. The molecule has 1 unspecified atom stereocenters. The van der Waals surface area contributed by atoms with Gasteiger partial charge in [-0.3, -0.25) is 19.3 Å². The van der Waals surface area contributed by atoms with Gasteiger partial charge in [0.05, 0.1) is 24.9 Å². The van der Waals surface area contributed by atoms with E-state index in [1.807, 2.05) is 36.9 Å². The zero-order chi connectivity index (χ0) is 25.2. The minimum absolute atomic E-state index is 0.00455. The van der Waals surface area contributed by atoms with Crippen molar-refractivity contribution in [3.05, 3.63) is 56.8 Å². The molecular weight excluding hydrogens is 456 g/mol. The van der Waals surface area contributed by atoms with Gasteiger partial charge in [0.25, 0.3) is 5.56 Å². The lowest BCUT2D eigenvalue weighted by Crippen LogP contribution is -2.46. The van der Waals surface area contributed by atoms with Crippen molar-refractivity contribution in [3.63, 3.8) is 0 Å². The van der Waals surface area contributed by atoms with Crippen LogP contribution >= 0.6 is 0 Å². The molecule has 1 aliphatic carbocycles. The highest BCUT2D eigenvalue weighted by molar-refractivity contribution is 5.98. The molecule has 8 heteroatoms. The van der Waals surface area contributed by atoms with Crippen LogP contribution in [0.25, 0.3) is 0 Å². The van der Waals surface area contributed by atoms with E-state index in [2.05, 4.69) is 14.9 Å². The number of hydrogen-bond donors (Lipinski definition) is 1. The molecule has 8 nitrogen and oxygen atoms in total. The Hall–Kier alpha value is -3.00. The molecule has 6 rings (SSSR count). The number of fused-ring (bicyclic) bond motifs is 2. The molecule has 4 aliphatic rings. The van der Waals surface area contributed by atoms with Crippen molar-refractivity contribution in [3.8, 4) is 5.75 Å². The summed E-state index contributed by atoms with van der Waals surface area (Å²) < 4.78 is 5.56. The summed E-state index contributed by atoms with van der Waals surface area (Å²) in [7, 11) is 0. The number of carbonyl (C=O) groups excluding carboxylic acids is 2. The number of piperidine rings is 1. The number of carbonyl (C=O) groups is 2. The maximum Gasteiger partial charge on any atom is 0.254 e. The van der Waals surface area contributed by atoms with Crippen LogP contribution in [0.1, 0.15) is 72.5 Å². The zero-order valence-electron chi connectivity index (χ0n) is 21.3. The van der Waals surface area contributed by atoms with Gasteiger partial charge in [0, 0.05) is 30.0 Å². The van der Waals surface area contributed by atoms with E-state index < -0.39 is 0 Å². The summed E-state index contributed by atoms with van der Waals surface area (Å²) in [4.78, 5) is 50.1. The fourth-order valence-corrected chi connectivity index (χ4v) is 6.02. The third-order valence-electron chi connectivity index (χ3n) is 7.92.